The highest BCUT2D eigenvalue weighted by atomic mass is 16.5. The molecule has 0 fully saturated rings. The lowest BCUT2D eigenvalue weighted by Gasteiger charge is -2.43. The molecule has 4 aromatic rings. The molecule has 2 amide bonds. The number of nitrogens with zero attached hydrogens (tertiary/aromatic N) is 3. The second kappa shape index (κ2) is 9.93. The number of nitrogens with one attached hydrogen (secondary N) is 1. The highest BCUT2D eigenvalue weighted by molar-refractivity contribution is 6.12. The van der Waals surface area contributed by atoms with Crippen LogP contribution in [0.2, 0.25) is 0 Å². The van der Waals surface area contributed by atoms with Crippen LogP contribution in [0.5, 0.6) is 5.75 Å². The summed E-state index contributed by atoms with van der Waals surface area (Å²) in [6, 6.07) is 26.9. The summed E-state index contributed by atoms with van der Waals surface area (Å²) in [7, 11) is 1.62. The van der Waals surface area contributed by atoms with Gasteiger partial charge in [0, 0.05) is 17.8 Å². The highest BCUT2D eigenvalue weighted by Gasteiger charge is 2.49. The Morgan fingerprint density at radius 2 is 1.73 bits per heavy atom. The van der Waals surface area contributed by atoms with Gasteiger partial charge >= 0.3 is 0 Å². The Hall–Kier alpha value is -4.39. The lowest BCUT2D eigenvalue weighted by atomic mass is 9.92. The summed E-state index contributed by atoms with van der Waals surface area (Å²) in [5.74, 6) is 0.258. The number of carbonyl (C=O) groups excluding carboxylic acids is 2. The zero-order chi connectivity index (χ0) is 26.0. The van der Waals surface area contributed by atoms with E-state index >= 15 is 0 Å². The first-order valence-corrected chi connectivity index (χ1v) is 12.4. The maximum Gasteiger partial charge on any atom is 0.277 e. The van der Waals surface area contributed by atoms with E-state index in [4.69, 9.17) is 9.84 Å². The Morgan fingerprint density at radius 1 is 1.03 bits per heavy atom. The van der Waals surface area contributed by atoms with E-state index in [1.807, 2.05) is 92.7 Å². The number of aromatic nitrogens is 2. The van der Waals surface area contributed by atoms with Crippen molar-refractivity contribution in [1.29, 1.82) is 0 Å². The van der Waals surface area contributed by atoms with E-state index < -0.39 is 5.54 Å². The van der Waals surface area contributed by atoms with Crippen molar-refractivity contribution < 1.29 is 14.3 Å². The Morgan fingerprint density at radius 3 is 2.43 bits per heavy atom. The van der Waals surface area contributed by atoms with Gasteiger partial charge in [0.05, 0.1) is 19.3 Å². The molecule has 7 heteroatoms. The average Bonchev–Trinajstić information content (AvgIpc) is 3.36. The number of amides is 2. The number of fused-ring (bicyclic) bond motifs is 1. The van der Waals surface area contributed by atoms with Crippen molar-refractivity contribution in [1.82, 2.24) is 15.1 Å². The normalized spacial score (nSPS) is 16.8. The van der Waals surface area contributed by atoms with Crippen LogP contribution in [0.25, 0.3) is 11.3 Å². The molecule has 1 aliphatic heterocycles. The van der Waals surface area contributed by atoms with Crippen LogP contribution >= 0.6 is 0 Å². The van der Waals surface area contributed by atoms with E-state index in [9.17, 15) is 9.59 Å². The molecule has 1 atom stereocenters. The molecule has 0 unspecified atom stereocenters. The van der Waals surface area contributed by atoms with Gasteiger partial charge in [0.25, 0.3) is 5.91 Å². The van der Waals surface area contributed by atoms with Gasteiger partial charge in [-0.15, -0.1) is 0 Å². The molecule has 0 saturated carbocycles. The number of methoxy groups -OCH3 is 1. The smallest absolute Gasteiger partial charge is 0.277 e. The molecule has 37 heavy (non-hydrogen) atoms. The predicted molar refractivity (Wildman–Crippen MR) is 144 cm³/mol. The third-order valence-corrected chi connectivity index (χ3v) is 6.94. The number of hydrogen-bond acceptors (Lipinski definition) is 4. The van der Waals surface area contributed by atoms with Crippen molar-refractivity contribution in [2.75, 3.05) is 12.0 Å². The molecule has 1 N–H and O–H groups in total. The standard InChI is InChI=1S/C30H30N4O3/c1-4-22-12-8-9-13-26(22)34-28(35)27-18-25(23-14-16-24(37-3)17-15-23)32-33(27)20-30(34,2)29(36)31-19-21-10-6-5-7-11-21/h5-18H,4,19-20H2,1-3H3,(H,31,36)/t30-/m1/s1. The SMILES string of the molecule is CCc1ccccc1N1C(=O)c2cc(-c3ccc(OC)cc3)nn2C[C@]1(C)C(=O)NCc1ccccc1. The third-order valence-electron chi connectivity index (χ3n) is 6.94. The van der Waals surface area contributed by atoms with E-state index in [0.717, 1.165) is 34.5 Å². The summed E-state index contributed by atoms with van der Waals surface area (Å²) in [6.07, 6.45) is 0.734. The molecule has 0 aliphatic carbocycles. The maximum absolute atomic E-state index is 14.1. The van der Waals surface area contributed by atoms with E-state index in [0.29, 0.717) is 17.9 Å². The Bertz CT molecular complexity index is 1430. The minimum absolute atomic E-state index is 0.225. The first-order chi connectivity index (χ1) is 17.9. The molecular weight excluding hydrogens is 464 g/mol. The first-order valence-electron chi connectivity index (χ1n) is 12.4. The van der Waals surface area contributed by atoms with Crippen LogP contribution < -0.4 is 15.0 Å². The Kier molecular flexibility index (Phi) is 6.53. The van der Waals surface area contributed by atoms with Gasteiger partial charge in [-0.1, -0.05) is 55.5 Å². The molecule has 7 nitrogen and oxygen atoms in total. The lowest BCUT2D eigenvalue weighted by molar-refractivity contribution is -0.126. The van der Waals surface area contributed by atoms with Gasteiger partial charge in [0.15, 0.2) is 0 Å². The fourth-order valence-corrected chi connectivity index (χ4v) is 4.86. The summed E-state index contributed by atoms with van der Waals surface area (Å²) >= 11 is 0. The number of para-hydroxylation sites is 1. The van der Waals surface area contributed by atoms with Crippen molar-refractivity contribution in [2.45, 2.75) is 38.9 Å². The molecule has 2 heterocycles. The maximum atomic E-state index is 14.1. The van der Waals surface area contributed by atoms with Crippen molar-refractivity contribution in [3.05, 3.63) is 102 Å². The predicted octanol–water partition coefficient (Wildman–Crippen LogP) is 4.86. The number of ether oxygens (including phenoxy) is 1. The molecule has 1 aromatic heterocycles. The van der Waals surface area contributed by atoms with Crippen molar-refractivity contribution >= 4 is 17.5 Å². The van der Waals surface area contributed by atoms with E-state index in [-0.39, 0.29) is 18.4 Å². The van der Waals surface area contributed by atoms with Crippen molar-refractivity contribution in [3.8, 4) is 17.0 Å². The zero-order valence-electron chi connectivity index (χ0n) is 21.3. The molecule has 0 spiro atoms. The van der Waals surface area contributed by atoms with Gasteiger partial charge in [-0.2, -0.15) is 5.10 Å². The summed E-state index contributed by atoms with van der Waals surface area (Å²) in [5.41, 5.74) is 3.53. The van der Waals surface area contributed by atoms with Crippen LogP contribution in [0, 0.1) is 0 Å². The molecule has 188 valence electrons. The van der Waals surface area contributed by atoms with Gasteiger partial charge in [-0.05, 0) is 60.9 Å². The third kappa shape index (κ3) is 4.48. The molecule has 0 bridgehead atoms. The topological polar surface area (TPSA) is 76.5 Å². The van der Waals surface area contributed by atoms with Crippen LogP contribution in [0.1, 0.15) is 35.5 Å². The number of anilines is 1. The van der Waals surface area contributed by atoms with Gasteiger partial charge in [-0.25, -0.2) is 0 Å². The summed E-state index contributed by atoms with van der Waals surface area (Å²) in [5, 5.41) is 7.80. The van der Waals surface area contributed by atoms with Crippen LogP contribution in [0.4, 0.5) is 5.69 Å². The number of carbonyl (C=O) groups is 2. The van der Waals surface area contributed by atoms with Gasteiger partial charge in [0.2, 0.25) is 5.91 Å². The largest absolute Gasteiger partial charge is 0.497 e. The molecule has 0 radical (unpaired) electrons. The van der Waals surface area contributed by atoms with Crippen LogP contribution in [0.3, 0.4) is 0 Å². The van der Waals surface area contributed by atoms with Crippen LogP contribution in [-0.2, 0) is 24.3 Å². The van der Waals surface area contributed by atoms with Crippen LogP contribution in [-0.4, -0.2) is 34.2 Å². The Balaban J connectivity index is 1.56. The minimum Gasteiger partial charge on any atom is -0.497 e. The summed E-state index contributed by atoms with van der Waals surface area (Å²) in [6.45, 7) is 4.46. The fraction of sp³-hybridized carbons (Fsp3) is 0.233. The van der Waals surface area contributed by atoms with Crippen molar-refractivity contribution in [2.24, 2.45) is 0 Å². The number of benzene rings is 3. The second-order valence-corrected chi connectivity index (χ2v) is 9.37. The number of hydrogen-bond donors (Lipinski definition) is 1. The van der Waals surface area contributed by atoms with E-state index in [1.54, 1.807) is 22.8 Å². The van der Waals surface area contributed by atoms with Crippen LogP contribution in [0.15, 0.2) is 84.9 Å². The van der Waals surface area contributed by atoms with Gasteiger partial charge in [0.1, 0.15) is 17.0 Å². The fourth-order valence-electron chi connectivity index (χ4n) is 4.86. The molecule has 5 rings (SSSR count). The van der Waals surface area contributed by atoms with E-state index in [2.05, 4.69) is 5.32 Å². The first kappa shape index (κ1) is 24.3. The average molecular weight is 495 g/mol. The quantitative estimate of drug-likeness (QED) is 0.398. The minimum atomic E-state index is -1.19. The monoisotopic (exact) mass is 494 g/mol. The lowest BCUT2D eigenvalue weighted by Crippen LogP contribution is -2.64. The molecule has 0 saturated heterocycles. The second-order valence-electron chi connectivity index (χ2n) is 9.37. The summed E-state index contributed by atoms with van der Waals surface area (Å²) < 4.78 is 6.93. The number of rotatable bonds is 7. The van der Waals surface area contributed by atoms with E-state index in [1.165, 1.54) is 0 Å². The van der Waals surface area contributed by atoms with Crippen molar-refractivity contribution in [3.63, 3.8) is 0 Å². The summed E-state index contributed by atoms with van der Waals surface area (Å²) in [4.78, 5) is 29.6. The van der Waals surface area contributed by atoms with Gasteiger partial charge in [-0.3, -0.25) is 19.2 Å². The molecule has 3 aromatic carbocycles. The zero-order valence-corrected chi connectivity index (χ0v) is 21.3. The van der Waals surface area contributed by atoms with Gasteiger partial charge < -0.3 is 10.1 Å². The number of aryl methyl sites for hydroxylation is 1. The highest BCUT2D eigenvalue weighted by Crippen LogP contribution is 2.36. The molecular formula is C30H30N4O3. The molecule has 1 aliphatic rings. The Labute approximate surface area is 216 Å².